The monoisotopic (exact) mass is 380 g/mol. The SMILES string of the molecule is CC.CSCc1cc(N2CCOCC2)nc(-c2ccc(N)c(Cl)c2)n1. The summed E-state index contributed by atoms with van der Waals surface area (Å²) in [6.07, 6.45) is 2.07. The number of morpholine rings is 1. The van der Waals surface area contributed by atoms with Crippen LogP contribution in [0.2, 0.25) is 5.02 Å². The molecule has 1 aromatic heterocycles. The Hall–Kier alpha value is -1.50. The van der Waals surface area contributed by atoms with Crippen molar-refractivity contribution in [3.8, 4) is 11.4 Å². The van der Waals surface area contributed by atoms with Crippen LogP contribution >= 0.6 is 23.4 Å². The van der Waals surface area contributed by atoms with E-state index in [0.29, 0.717) is 16.5 Å². The summed E-state index contributed by atoms with van der Waals surface area (Å²) in [6.45, 7) is 7.14. The number of aromatic nitrogens is 2. The Morgan fingerprint density at radius 3 is 2.56 bits per heavy atom. The molecule has 1 aromatic carbocycles. The number of nitrogen functional groups attached to an aromatic ring is 1. The molecule has 0 bridgehead atoms. The van der Waals surface area contributed by atoms with Gasteiger partial charge in [-0.05, 0) is 24.5 Å². The highest BCUT2D eigenvalue weighted by atomic mass is 35.5. The van der Waals surface area contributed by atoms with Crippen LogP contribution in [0.4, 0.5) is 11.5 Å². The molecule has 136 valence electrons. The molecule has 3 rings (SSSR count). The first kappa shape index (κ1) is 19.8. The topological polar surface area (TPSA) is 64.3 Å². The highest BCUT2D eigenvalue weighted by molar-refractivity contribution is 7.97. The maximum absolute atomic E-state index is 6.14. The Kier molecular flexibility index (Phi) is 7.81. The van der Waals surface area contributed by atoms with Crippen molar-refractivity contribution in [2.24, 2.45) is 0 Å². The Labute approximate surface area is 158 Å². The number of hydrogen-bond acceptors (Lipinski definition) is 6. The third-order valence-corrected chi connectivity index (χ3v) is 4.56. The lowest BCUT2D eigenvalue weighted by Gasteiger charge is -2.28. The Morgan fingerprint density at radius 2 is 1.92 bits per heavy atom. The van der Waals surface area contributed by atoms with E-state index in [9.17, 15) is 0 Å². The average Bonchev–Trinajstić information content (AvgIpc) is 2.66. The van der Waals surface area contributed by atoms with Gasteiger partial charge in [-0.1, -0.05) is 25.4 Å². The summed E-state index contributed by atoms with van der Waals surface area (Å²) in [4.78, 5) is 11.6. The van der Waals surface area contributed by atoms with Gasteiger partial charge in [0.25, 0.3) is 0 Å². The summed E-state index contributed by atoms with van der Waals surface area (Å²) in [7, 11) is 0. The number of rotatable bonds is 4. The molecule has 5 nitrogen and oxygen atoms in total. The van der Waals surface area contributed by atoms with Gasteiger partial charge in [0.15, 0.2) is 5.82 Å². The van der Waals surface area contributed by atoms with E-state index in [1.165, 1.54) is 0 Å². The van der Waals surface area contributed by atoms with Gasteiger partial charge >= 0.3 is 0 Å². The summed E-state index contributed by atoms with van der Waals surface area (Å²) < 4.78 is 5.42. The van der Waals surface area contributed by atoms with Gasteiger partial charge in [0.1, 0.15) is 5.82 Å². The van der Waals surface area contributed by atoms with Crippen LogP contribution < -0.4 is 10.6 Å². The molecule has 2 N–H and O–H groups in total. The van der Waals surface area contributed by atoms with Gasteiger partial charge in [-0.2, -0.15) is 11.8 Å². The fourth-order valence-corrected chi connectivity index (χ4v) is 3.08. The zero-order valence-electron chi connectivity index (χ0n) is 15.0. The van der Waals surface area contributed by atoms with Gasteiger partial charge < -0.3 is 15.4 Å². The number of anilines is 2. The second kappa shape index (κ2) is 9.85. The lowest BCUT2D eigenvalue weighted by atomic mass is 10.2. The lowest BCUT2D eigenvalue weighted by molar-refractivity contribution is 0.122. The van der Waals surface area contributed by atoms with E-state index in [-0.39, 0.29) is 0 Å². The van der Waals surface area contributed by atoms with Gasteiger partial charge in [-0.25, -0.2) is 9.97 Å². The van der Waals surface area contributed by atoms with E-state index >= 15 is 0 Å². The van der Waals surface area contributed by atoms with Crippen LogP contribution in [0.25, 0.3) is 11.4 Å². The first-order valence-electron chi connectivity index (χ1n) is 8.42. The third kappa shape index (κ3) is 5.23. The number of thioether (sulfide) groups is 1. The molecule has 0 amide bonds. The summed E-state index contributed by atoms with van der Waals surface area (Å²) in [5, 5.41) is 0.522. The van der Waals surface area contributed by atoms with E-state index in [2.05, 4.69) is 22.2 Å². The van der Waals surface area contributed by atoms with Crippen molar-refractivity contribution < 1.29 is 4.74 Å². The van der Waals surface area contributed by atoms with Crippen molar-refractivity contribution in [3.63, 3.8) is 0 Å². The fourth-order valence-electron chi connectivity index (χ4n) is 2.45. The maximum Gasteiger partial charge on any atom is 0.161 e. The van der Waals surface area contributed by atoms with Crippen molar-refractivity contribution in [2.75, 3.05) is 43.2 Å². The molecule has 25 heavy (non-hydrogen) atoms. The molecule has 0 aliphatic carbocycles. The van der Waals surface area contributed by atoms with Crippen LogP contribution in [0.15, 0.2) is 24.3 Å². The van der Waals surface area contributed by atoms with Crippen LogP contribution in [0.5, 0.6) is 0 Å². The Balaban J connectivity index is 0.00000109. The molecule has 0 radical (unpaired) electrons. The van der Waals surface area contributed by atoms with Crippen molar-refractivity contribution in [1.29, 1.82) is 0 Å². The highest BCUT2D eigenvalue weighted by Gasteiger charge is 2.16. The summed E-state index contributed by atoms with van der Waals surface area (Å²) >= 11 is 7.88. The minimum Gasteiger partial charge on any atom is -0.398 e. The average molecular weight is 381 g/mol. The van der Waals surface area contributed by atoms with Crippen LogP contribution in [0.1, 0.15) is 19.5 Å². The quantitative estimate of drug-likeness (QED) is 0.805. The number of hydrogen-bond donors (Lipinski definition) is 1. The van der Waals surface area contributed by atoms with E-state index in [0.717, 1.165) is 49.1 Å². The number of nitrogens with two attached hydrogens (primary N) is 1. The molecule has 0 saturated carbocycles. The first-order chi connectivity index (χ1) is 12.2. The molecule has 2 aromatic rings. The summed E-state index contributed by atoms with van der Waals surface area (Å²) in [5.41, 5.74) is 8.24. The first-order valence-corrected chi connectivity index (χ1v) is 10.2. The minimum atomic E-state index is 0.522. The van der Waals surface area contributed by atoms with Gasteiger partial charge in [0, 0.05) is 30.5 Å². The fraction of sp³-hybridized carbons (Fsp3) is 0.444. The van der Waals surface area contributed by atoms with Gasteiger partial charge in [-0.3, -0.25) is 0 Å². The third-order valence-electron chi connectivity index (χ3n) is 3.65. The van der Waals surface area contributed by atoms with Crippen molar-refractivity contribution >= 4 is 34.9 Å². The molecule has 1 saturated heterocycles. The second-order valence-corrected chi connectivity index (χ2v) is 6.58. The zero-order valence-corrected chi connectivity index (χ0v) is 16.5. The molecule has 1 aliphatic heterocycles. The molecule has 0 unspecified atom stereocenters. The summed E-state index contributed by atoms with van der Waals surface area (Å²) in [6, 6.07) is 7.57. The van der Waals surface area contributed by atoms with Crippen molar-refractivity contribution in [1.82, 2.24) is 9.97 Å². The van der Waals surface area contributed by atoms with Gasteiger partial charge in [0.2, 0.25) is 0 Å². The Morgan fingerprint density at radius 1 is 1.20 bits per heavy atom. The van der Waals surface area contributed by atoms with Crippen molar-refractivity contribution in [2.45, 2.75) is 19.6 Å². The highest BCUT2D eigenvalue weighted by Crippen LogP contribution is 2.27. The number of ether oxygens (including phenoxy) is 1. The lowest BCUT2D eigenvalue weighted by Crippen LogP contribution is -2.37. The van der Waals surface area contributed by atoms with E-state index in [1.807, 2.05) is 26.0 Å². The zero-order chi connectivity index (χ0) is 18.2. The molecule has 0 atom stereocenters. The van der Waals surface area contributed by atoms with Crippen LogP contribution in [-0.2, 0) is 10.5 Å². The Bertz CT molecular complexity index is 693. The minimum absolute atomic E-state index is 0.522. The predicted molar refractivity (Wildman–Crippen MR) is 108 cm³/mol. The van der Waals surface area contributed by atoms with Gasteiger partial charge in [0.05, 0.1) is 29.6 Å². The predicted octanol–water partition coefficient (Wildman–Crippen LogP) is 4.11. The van der Waals surface area contributed by atoms with Gasteiger partial charge in [-0.15, -0.1) is 0 Å². The molecule has 7 heteroatoms. The number of halogens is 1. The van der Waals surface area contributed by atoms with Crippen molar-refractivity contribution in [3.05, 3.63) is 35.0 Å². The smallest absolute Gasteiger partial charge is 0.161 e. The van der Waals surface area contributed by atoms with Crippen LogP contribution in [-0.4, -0.2) is 42.5 Å². The maximum atomic E-state index is 6.14. The number of nitrogens with zero attached hydrogens (tertiary/aromatic N) is 3. The second-order valence-electron chi connectivity index (χ2n) is 5.31. The van der Waals surface area contributed by atoms with Crippen LogP contribution in [0.3, 0.4) is 0 Å². The number of benzene rings is 1. The molecule has 0 spiro atoms. The standard InChI is InChI=1S/C16H19ClN4OS.C2H6/c1-23-10-12-9-15(21-4-6-22-7-5-21)20-16(19-12)11-2-3-14(18)13(17)8-11;1-2/h2-3,8-9H,4-7,10,18H2,1H3;1-2H3. The largest absolute Gasteiger partial charge is 0.398 e. The summed E-state index contributed by atoms with van der Waals surface area (Å²) in [5.74, 6) is 2.46. The molecule has 2 heterocycles. The molecule has 1 fully saturated rings. The van der Waals surface area contributed by atoms with Crippen LogP contribution in [0, 0.1) is 0 Å². The normalized spacial score (nSPS) is 14.0. The van der Waals surface area contributed by atoms with E-state index in [4.69, 9.17) is 27.1 Å². The molecular weight excluding hydrogens is 356 g/mol. The van der Waals surface area contributed by atoms with E-state index in [1.54, 1.807) is 17.8 Å². The molecule has 1 aliphatic rings. The molecular formula is C18H25ClN4OS. The van der Waals surface area contributed by atoms with E-state index < -0.39 is 0 Å².